The quantitative estimate of drug-likeness (QED) is 0.475. The van der Waals surface area contributed by atoms with Crippen LogP contribution in [-0.4, -0.2) is 33.1 Å². The highest BCUT2D eigenvalue weighted by molar-refractivity contribution is 7.99. The maximum Gasteiger partial charge on any atom is 0.387 e. The molecule has 0 spiro atoms. The van der Waals surface area contributed by atoms with E-state index in [-0.39, 0.29) is 17.2 Å². The molecule has 3 rings (SSSR count). The third kappa shape index (κ3) is 4.73. The number of hydrogen-bond donors (Lipinski definition) is 2. The largest absolute Gasteiger partial charge is 0.433 e. The van der Waals surface area contributed by atoms with Gasteiger partial charge in [0.15, 0.2) is 5.82 Å². The van der Waals surface area contributed by atoms with Gasteiger partial charge in [-0.05, 0) is 12.1 Å². The van der Waals surface area contributed by atoms with Crippen molar-refractivity contribution in [3.63, 3.8) is 0 Å². The van der Waals surface area contributed by atoms with Crippen molar-refractivity contribution in [2.24, 2.45) is 0 Å². The van der Waals surface area contributed by atoms with Gasteiger partial charge in [0, 0.05) is 5.56 Å². The van der Waals surface area contributed by atoms with E-state index in [2.05, 4.69) is 20.3 Å². The number of nitrogens with two attached hydrogens (primary N) is 1. The second-order valence-corrected chi connectivity index (χ2v) is 6.20. The number of benzene rings is 2. The van der Waals surface area contributed by atoms with Gasteiger partial charge in [0.25, 0.3) is 0 Å². The van der Waals surface area contributed by atoms with Gasteiger partial charge in [-0.1, -0.05) is 54.2 Å². The van der Waals surface area contributed by atoms with Crippen molar-refractivity contribution in [3.05, 3.63) is 54.6 Å². The summed E-state index contributed by atoms with van der Waals surface area (Å²) < 4.78 is 30.5. The molecular formula is C17H15F2N5O2S. The second-order valence-electron chi connectivity index (χ2n) is 5.25. The van der Waals surface area contributed by atoms with Gasteiger partial charge in [0.1, 0.15) is 5.75 Å². The molecule has 0 aliphatic carbocycles. The van der Waals surface area contributed by atoms with Crippen molar-refractivity contribution in [3.8, 4) is 17.1 Å². The lowest BCUT2D eigenvalue weighted by molar-refractivity contribution is -0.113. The molecule has 0 bridgehead atoms. The van der Waals surface area contributed by atoms with Gasteiger partial charge in [-0.15, -0.1) is 10.2 Å². The first-order valence-electron chi connectivity index (χ1n) is 7.77. The fraction of sp³-hybridized carbons (Fsp3) is 0.118. The minimum Gasteiger partial charge on any atom is -0.433 e. The first kappa shape index (κ1) is 18.6. The highest BCUT2D eigenvalue weighted by Gasteiger charge is 2.15. The van der Waals surface area contributed by atoms with Crippen LogP contribution >= 0.6 is 11.8 Å². The van der Waals surface area contributed by atoms with Crippen molar-refractivity contribution in [2.75, 3.05) is 16.9 Å². The molecule has 140 valence electrons. The molecule has 1 heterocycles. The molecule has 0 atom stereocenters. The van der Waals surface area contributed by atoms with Crippen LogP contribution in [0.3, 0.4) is 0 Å². The molecule has 7 nitrogen and oxygen atoms in total. The van der Waals surface area contributed by atoms with E-state index in [1.54, 1.807) is 6.07 Å². The fourth-order valence-corrected chi connectivity index (χ4v) is 2.90. The number of nitrogen functional groups attached to an aromatic ring is 1. The lowest BCUT2D eigenvalue weighted by Crippen LogP contribution is -2.17. The van der Waals surface area contributed by atoms with Gasteiger partial charge in [-0.25, -0.2) is 4.68 Å². The minimum atomic E-state index is -2.98. The highest BCUT2D eigenvalue weighted by atomic mass is 32.2. The normalized spacial score (nSPS) is 10.8. The summed E-state index contributed by atoms with van der Waals surface area (Å²) in [5.41, 5.74) is 0.949. The Hall–Kier alpha value is -3.14. The summed E-state index contributed by atoms with van der Waals surface area (Å²) in [6, 6.07) is 15.2. The Bertz CT molecular complexity index is 921. The highest BCUT2D eigenvalue weighted by Crippen LogP contribution is 2.26. The van der Waals surface area contributed by atoms with Gasteiger partial charge < -0.3 is 15.9 Å². The number of anilines is 1. The van der Waals surface area contributed by atoms with Crippen molar-refractivity contribution >= 4 is 23.4 Å². The summed E-state index contributed by atoms with van der Waals surface area (Å²) in [4.78, 5) is 12.1. The zero-order valence-corrected chi connectivity index (χ0v) is 14.7. The average Bonchev–Trinajstić information content (AvgIpc) is 3.02. The number of rotatable bonds is 7. The summed E-state index contributed by atoms with van der Waals surface area (Å²) in [7, 11) is 0. The van der Waals surface area contributed by atoms with E-state index in [1.807, 2.05) is 30.3 Å². The van der Waals surface area contributed by atoms with Crippen molar-refractivity contribution in [1.29, 1.82) is 0 Å². The van der Waals surface area contributed by atoms with Crippen LogP contribution < -0.4 is 15.9 Å². The monoisotopic (exact) mass is 391 g/mol. The number of hydrogen-bond acceptors (Lipinski definition) is 6. The number of alkyl halides is 2. The van der Waals surface area contributed by atoms with Crippen LogP contribution in [-0.2, 0) is 4.79 Å². The molecule has 1 amide bonds. The molecule has 0 saturated heterocycles. The number of carbonyl (C=O) groups excluding carboxylic acids is 1. The molecule has 0 unspecified atom stereocenters. The Morgan fingerprint density at radius 3 is 2.59 bits per heavy atom. The second kappa shape index (κ2) is 8.49. The molecule has 27 heavy (non-hydrogen) atoms. The molecule has 0 aliphatic heterocycles. The zero-order chi connectivity index (χ0) is 19.2. The Morgan fingerprint density at radius 1 is 1.15 bits per heavy atom. The van der Waals surface area contributed by atoms with Crippen LogP contribution in [0.1, 0.15) is 0 Å². The molecule has 1 aromatic heterocycles. The number of carbonyl (C=O) groups is 1. The minimum absolute atomic E-state index is 0.0346. The number of halogens is 2. The molecular weight excluding hydrogens is 376 g/mol. The van der Waals surface area contributed by atoms with Crippen molar-refractivity contribution < 1.29 is 18.3 Å². The number of aromatic nitrogens is 3. The van der Waals surface area contributed by atoms with Crippen LogP contribution in [0.4, 0.5) is 14.5 Å². The maximum atomic E-state index is 12.4. The van der Waals surface area contributed by atoms with Gasteiger partial charge in [0.2, 0.25) is 11.1 Å². The van der Waals surface area contributed by atoms with Gasteiger partial charge >= 0.3 is 6.61 Å². The van der Waals surface area contributed by atoms with Gasteiger partial charge in [-0.3, -0.25) is 4.79 Å². The maximum absolute atomic E-state index is 12.4. The van der Waals surface area contributed by atoms with E-state index in [4.69, 9.17) is 5.84 Å². The number of amides is 1. The number of ether oxygens (including phenoxy) is 1. The SMILES string of the molecule is Nn1c(SCC(=O)Nc2ccccc2OC(F)F)nnc1-c1ccccc1. The molecule has 2 aromatic carbocycles. The molecule has 0 fully saturated rings. The zero-order valence-electron chi connectivity index (χ0n) is 13.9. The van der Waals surface area contributed by atoms with Crippen molar-refractivity contribution in [1.82, 2.24) is 14.9 Å². The Balaban J connectivity index is 1.63. The van der Waals surface area contributed by atoms with Crippen LogP contribution in [0.2, 0.25) is 0 Å². The van der Waals surface area contributed by atoms with E-state index < -0.39 is 12.5 Å². The predicted molar refractivity (Wildman–Crippen MR) is 98.0 cm³/mol. The Labute approximate surface area is 157 Å². The van der Waals surface area contributed by atoms with E-state index in [0.29, 0.717) is 11.0 Å². The summed E-state index contributed by atoms with van der Waals surface area (Å²) in [6.07, 6.45) is 0. The summed E-state index contributed by atoms with van der Waals surface area (Å²) in [6.45, 7) is -2.98. The third-order valence-electron chi connectivity index (χ3n) is 3.41. The molecule has 10 heteroatoms. The fourth-order valence-electron chi connectivity index (χ4n) is 2.24. The predicted octanol–water partition coefficient (Wildman–Crippen LogP) is 2.99. The lowest BCUT2D eigenvalue weighted by atomic mass is 10.2. The van der Waals surface area contributed by atoms with Crippen LogP contribution in [0, 0.1) is 0 Å². The smallest absolute Gasteiger partial charge is 0.387 e. The summed E-state index contributed by atoms with van der Waals surface area (Å²) >= 11 is 1.07. The van der Waals surface area contributed by atoms with E-state index in [1.165, 1.54) is 22.9 Å². The van der Waals surface area contributed by atoms with E-state index >= 15 is 0 Å². The van der Waals surface area contributed by atoms with Crippen LogP contribution in [0.25, 0.3) is 11.4 Å². The average molecular weight is 391 g/mol. The number of thioether (sulfide) groups is 1. The van der Waals surface area contributed by atoms with E-state index in [9.17, 15) is 13.6 Å². The third-order valence-corrected chi connectivity index (χ3v) is 4.35. The standard InChI is InChI=1S/C17H15F2N5O2S/c18-16(19)26-13-9-5-4-8-12(13)21-14(25)10-27-17-23-22-15(24(17)20)11-6-2-1-3-7-11/h1-9,16H,10,20H2,(H,21,25). The number of nitrogens with zero attached hydrogens (tertiary/aromatic N) is 3. The van der Waals surface area contributed by atoms with Crippen LogP contribution in [0.15, 0.2) is 59.8 Å². The molecule has 0 aliphatic rings. The first-order valence-corrected chi connectivity index (χ1v) is 8.75. The topological polar surface area (TPSA) is 95.1 Å². The van der Waals surface area contributed by atoms with Gasteiger partial charge in [0.05, 0.1) is 11.4 Å². The Morgan fingerprint density at radius 2 is 1.85 bits per heavy atom. The number of para-hydroxylation sites is 2. The Kier molecular flexibility index (Phi) is 5.87. The molecule has 0 saturated carbocycles. The lowest BCUT2D eigenvalue weighted by Gasteiger charge is -2.11. The first-order chi connectivity index (χ1) is 13.0. The molecule has 3 N–H and O–H groups in total. The summed E-state index contributed by atoms with van der Waals surface area (Å²) in [5.74, 6) is 5.89. The number of nitrogens with one attached hydrogen (secondary N) is 1. The summed E-state index contributed by atoms with van der Waals surface area (Å²) in [5, 5.41) is 10.9. The van der Waals surface area contributed by atoms with Gasteiger partial charge in [-0.2, -0.15) is 8.78 Å². The molecule has 0 radical (unpaired) electrons. The molecule has 3 aromatic rings. The van der Waals surface area contributed by atoms with Crippen LogP contribution in [0.5, 0.6) is 5.75 Å². The van der Waals surface area contributed by atoms with Crippen molar-refractivity contribution in [2.45, 2.75) is 11.8 Å². The van der Waals surface area contributed by atoms with E-state index in [0.717, 1.165) is 17.3 Å².